The van der Waals surface area contributed by atoms with Gasteiger partial charge in [-0.15, -0.1) is 0 Å². The highest BCUT2D eigenvalue weighted by molar-refractivity contribution is 7.89. The summed E-state index contributed by atoms with van der Waals surface area (Å²) in [5, 5.41) is 0.206. The lowest BCUT2D eigenvalue weighted by Gasteiger charge is -2.20. The molecule has 2 rings (SSSR count). The van der Waals surface area contributed by atoms with Crippen molar-refractivity contribution in [2.75, 3.05) is 19.6 Å². The van der Waals surface area contributed by atoms with Crippen molar-refractivity contribution < 1.29 is 13.2 Å². The van der Waals surface area contributed by atoms with E-state index in [4.69, 9.17) is 11.6 Å². The largest absolute Gasteiger partial charge is 0.343 e. The molecule has 1 heterocycles. The van der Waals surface area contributed by atoms with Gasteiger partial charge in [-0.3, -0.25) is 4.79 Å². The van der Waals surface area contributed by atoms with Crippen LogP contribution >= 0.6 is 11.6 Å². The quantitative estimate of drug-likeness (QED) is 0.806. The molecule has 5 nitrogen and oxygen atoms in total. The van der Waals surface area contributed by atoms with Gasteiger partial charge in [-0.1, -0.05) is 30.2 Å². The number of carbonyl (C=O) groups excluding carboxylic acids is 1. The number of rotatable bonds is 6. The molecule has 0 spiro atoms. The molecule has 0 bridgehead atoms. The van der Waals surface area contributed by atoms with Crippen LogP contribution in [0.2, 0.25) is 5.02 Å². The van der Waals surface area contributed by atoms with Crippen LogP contribution in [0.5, 0.6) is 0 Å². The standard InChI is InChI=1S/C15H21ClN2O3S/c16-13-7-3-4-8-14(13)22(20,21)17-10-6-12-18-11-5-1-2-9-15(18)19/h3-4,7-8,17H,1-2,5-6,9-12H2. The van der Waals surface area contributed by atoms with Gasteiger partial charge < -0.3 is 4.90 Å². The highest BCUT2D eigenvalue weighted by atomic mass is 35.5. The van der Waals surface area contributed by atoms with Gasteiger partial charge in [0.1, 0.15) is 4.90 Å². The number of halogens is 1. The van der Waals surface area contributed by atoms with Gasteiger partial charge >= 0.3 is 0 Å². The van der Waals surface area contributed by atoms with E-state index in [0.717, 1.165) is 25.8 Å². The summed E-state index contributed by atoms with van der Waals surface area (Å²) in [7, 11) is -3.60. The molecule has 1 fully saturated rings. The Morgan fingerprint density at radius 1 is 1.18 bits per heavy atom. The zero-order valence-corrected chi connectivity index (χ0v) is 14.0. The molecule has 122 valence electrons. The third-order valence-electron chi connectivity index (χ3n) is 3.69. The van der Waals surface area contributed by atoms with Gasteiger partial charge in [-0.25, -0.2) is 13.1 Å². The average molecular weight is 345 g/mol. The first-order valence-corrected chi connectivity index (χ1v) is 9.39. The summed E-state index contributed by atoms with van der Waals surface area (Å²) in [4.78, 5) is 13.8. The number of sulfonamides is 1. The second-order valence-electron chi connectivity index (χ2n) is 5.37. The Labute approximate surface area is 136 Å². The lowest BCUT2D eigenvalue weighted by atomic mass is 10.2. The lowest BCUT2D eigenvalue weighted by Crippen LogP contribution is -2.34. The summed E-state index contributed by atoms with van der Waals surface area (Å²) < 4.78 is 26.8. The SMILES string of the molecule is O=C1CCCCCN1CCCNS(=O)(=O)c1ccccc1Cl. The first-order chi connectivity index (χ1) is 10.5. The number of nitrogens with one attached hydrogen (secondary N) is 1. The molecule has 1 amide bonds. The van der Waals surface area contributed by atoms with Crippen molar-refractivity contribution in [2.24, 2.45) is 0 Å². The third kappa shape index (κ3) is 4.69. The van der Waals surface area contributed by atoms with E-state index in [1.165, 1.54) is 6.07 Å². The van der Waals surface area contributed by atoms with E-state index >= 15 is 0 Å². The van der Waals surface area contributed by atoms with Crippen LogP contribution in [0, 0.1) is 0 Å². The van der Waals surface area contributed by atoms with E-state index in [0.29, 0.717) is 19.4 Å². The van der Waals surface area contributed by atoms with Gasteiger partial charge in [0.2, 0.25) is 15.9 Å². The van der Waals surface area contributed by atoms with Crippen molar-refractivity contribution in [3.63, 3.8) is 0 Å². The van der Waals surface area contributed by atoms with Crippen molar-refractivity contribution >= 4 is 27.5 Å². The molecule has 0 unspecified atom stereocenters. The summed E-state index contributed by atoms with van der Waals surface area (Å²) in [6.45, 7) is 1.65. The fourth-order valence-electron chi connectivity index (χ4n) is 2.49. The number of hydrogen-bond acceptors (Lipinski definition) is 3. The minimum absolute atomic E-state index is 0.0857. The molecule has 0 atom stereocenters. The molecule has 0 aliphatic carbocycles. The monoisotopic (exact) mass is 344 g/mol. The fourth-order valence-corrected chi connectivity index (χ4v) is 4.08. The molecule has 22 heavy (non-hydrogen) atoms. The topological polar surface area (TPSA) is 66.5 Å². The number of amides is 1. The molecule has 1 N–H and O–H groups in total. The van der Waals surface area contributed by atoms with Crippen LogP contribution in [0.25, 0.3) is 0 Å². The van der Waals surface area contributed by atoms with Gasteiger partial charge in [0.15, 0.2) is 0 Å². The summed E-state index contributed by atoms with van der Waals surface area (Å²) in [6, 6.07) is 6.34. The average Bonchev–Trinajstić information content (AvgIpc) is 2.69. The Bertz CT molecular complexity index is 619. The van der Waals surface area contributed by atoms with Crippen molar-refractivity contribution in [3.8, 4) is 0 Å². The zero-order chi connectivity index (χ0) is 16.0. The van der Waals surface area contributed by atoms with Crippen LogP contribution < -0.4 is 4.72 Å². The van der Waals surface area contributed by atoms with E-state index in [1.54, 1.807) is 18.2 Å². The molecule has 0 radical (unpaired) electrons. The molecule has 7 heteroatoms. The Morgan fingerprint density at radius 2 is 1.95 bits per heavy atom. The number of benzene rings is 1. The van der Waals surface area contributed by atoms with Crippen molar-refractivity contribution in [1.82, 2.24) is 9.62 Å². The number of carbonyl (C=O) groups is 1. The molecule has 1 saturated heterocycles. The van der Waals surface area contributed by atoms with E-state index in [1.807, 2.05) is 4.90 Å². The third-order valence-corrected chi connectivity index (χ3v) is 5.66. The maximum atomic E-state index is 12.1. The van der Waals surface area contributed by atoms with Crippen LogP contribution in [0.15, 0.2) is 29.2 Å². The Hall–Kier alpha value is -1.11. The molecule has 1 aliphatic heterocycles. The summed E-state index contributed by atoms with van der Waals surface area (Å²) in [5.74, 6) is 0.173. The fraction of sp³-hybridized carbons (Fsp3) is 0.533. The zero-order valence-electron chi connectivity index (χ0n) is 12.4. The molecule has 1 aromatic rings. The van der Waals surface area contributed by atoms with Crippen molar-refractivity contribution in [1.29, 1.82) is 0 Å². The van der Waals surface area contributed by atoms with E-state index in [9.17, 15) is 13.2 Å². The van der Waals surface area contributed by atoms with Crippen LogP contribution in [0.4, 0.5) is 0 Å². The lowest BCUT2D eigenvalue weighted by molar-refractivity contribution is -0.130. The summed E-state index contributed by atoms with van der Waals surface area (Å²) >= 11 is 5.91. The van der Waals surface area contributed by atoms with Gasteiger partial charge in [0, 0.05) is 26.1 Å². The Morgan fingerprint density at radius 3 is 2.73 bits per heavy atom. The van der Waals surface area contributed by atoms with Gasteiger partial charge in [0.25, 0.3) is 0 Å². The second-order valence-corrected chi connectivity index (χ2v) is 7.52. The van der Waals surface area contributed by atoms with E-state index in [2.05, 4.69) is 4.72 Å². The molecular weight excluding hydrogens is 324 g/mol. The van der Waals surface area contributed by atoms with Crippen LogP contribution in [0.1, 0.15) is 32.1 Å². The van der Waals surface area contributed by atoms with Gasteiger partial charge in [-0.2, -0.15) is 0 Å². The van der Waals surface area contributed by atoms with Crippen LogP contribution in [-0.2, 0) is 14.8 Å². The number of likely N-dealkylation sites (tertiary alicyclic amines) is 1. The summed E-state index contributed by atoms with van der Waals surface area (Å²) in [6.07, 6.45) is 4.26. The van der Waals surface area contributed by atoms with Crippen molar-refractivity contribution in [2.45, 2.75) is 37.0 Å². The Kier molecular flexibility index (Phi) is 6.23. The highest BCUT2D eigenvalue weighted by Gasteiger charge is 2.18. The van der Waals surface area contributed by atoms with Crippen molar-refractivity contribution in [3.05, 3.63) is 29.3 Å². The van der Waals surface area contributed by atoms with Gasteiger partial charge in [-0.05, 0) is 31.4 Å². The van der Waals surface area contributed by atoms with E-state index in [-0.39, 0.29) is 22.4 Å². The predicted molar refractivity (Wildman–Crippen MR) is 86.3 cm³/mol. The second kappa shape index (κ2) is 7.94. The molecule has 1 aliphatic rings. The van der Waals surface area contributed by atoms with E-state index < -0.39 is 10.0 Å². The number of nitrogens with zero attached hydrogens (tertiary/aromatic N) is 1. The predicted octanol–water partition coefficient (Wildman–Crippen LogP) is 2.41. The molecular formula is C15H21ClN2O3S. The normalized spacial score (nSPS) is 16.6. The minimum Gasteiger partial charge on any atom is -0.343 e. The maximum absolute atomic E-state index is 12.1. The van der Waals surface area contributed by atoms with Gasteiger partial charge in [0.05, 0.1) is 5.02 Å². The maximum Gasteiger partial charge on any atom is 0.242 e. The minimum atomic E-state index is -3.60. The molecule has 0 saturated carbocycles. The smallest absolute Gasteiger partial charge is 0.242 e. The first-order valence-electron chi connectivity index (χ1n) is 7.53. The highest BCUT2D eigenvalue weighted by Crippen LogP contribution is 2.20. The van der Waals surface area contributed by atoms with Crippen LogP contribution in [0.3, 0.4) is 0 Å². The number of hydrogen-bond donors (Lipinski definition) is 1. The molecule has 0 aromatic heterocycles. The van der Waals surface area contributed by atoms with Crippen LogP contribution in [-0.4, -0.2) is 38.9 Å². The first kappa shape index (κ1) is 17.2. The molecule has 1 aromatic carbocycles. The summed E-state index contributed by atoms with van der Waals surface area (Å²) in [5.41, 5.74) is 0. The Balaban J connectivity index is 1.83.